The molecule has 0 aromatic carbocycles. The lowest BCUT2D eigenvalue weighted by molar-refractivity contribution is -0.113. The third-order valence-corrected chi connectivity index (χ3v) is 4.44. The van der Waals surface area contributed by atoms with Gasteiger partial charge in [0.05, 0.1) is 51.2 Å². The van der Waals surface area contributed by atoms with Crippen molar-refractivity contribution >= 4 is 28.6 Å². The minimum atomic E-state index is -0.0672. The molecule has 5 aliphatic rings. The molecule has 0 saturated carbocycles. The molecule has 0 fully saturated rings. The normalized spacial score (nSPS) is 21.7. The number of nitrogens with zero attached hydrogens (tertiary/aromatic N) is 4. The van der Waals surface area contributed by atoms with Crippen LogP contribution < -0.4 is 0 Å². The molecule has 5 rings (SSSR count). The Morgan fingerprint density at radius 3 is 1.78 bits per heavy atom. The highest BCUT2D eigenvalue weighted by Crippen LogP contribution is 2.24. The average Bonchev–Trinajstić information content (AvgIpc) is 3.39. The summed E-state index contributed by atoms with van der Waals surface area (Å²) >= 11 is 0. The van der Waals surface area contributed by atoms with Gasteiger partial charge in [0.25, 0.3) is 0 Å². The van der Waals surface area contributed by atoms with E-state index in [0.29, 0.717) is 17.0 Å². The minimum absolute atomic E-state index is 0.0672. The van der Waals surface area contributed by atoms with Crippen LogP contribution in [0.4, 0.5) is 0 Å². The molecule has 128 valence electrons. The number of allylic oxidation sites excluding steroid dienone is 12. The van der Waals surface area contributed by atoms with Crippen LogP contribution in [0.2, 0.25) is 0 Å². The second-order valence-electron chi connectivity index (χ2n) is 6.46. The van der Waals surface area contributed by atoms with Crippen molar-refractivity contribution < 1.29 is 4.79 Å². The van der Waals surface area contributed by atoms with Gasteiger partial charge in [-0.2, -0.15) is 0 Å². The molecule has 0 aromatic heterocycles. The molecule has 27 heavy (non-hydrogen) atoms. The van der Waals surface area contributed by atoms with E-state index in [1.54, 1.807) is 0 Å². The van der Waals surface area contributed by atoms with Gasteiger partial charge in [0.2, 0.25) is 0 Å². The number of rotatable bonds is 1. The number of Topliss-reactive ketones (excluding diaryl/α,β-unsaturated/α-hetero) is 1. The molecule has 0 spiro atoms. The predicted octanol–water partition coefficient (Wildman–Crippen LogP) is 3.54. The van der Waals surface area contributed by atoms with Gasteiger partial charge in [0.1, 0.15) is 0 Å². The van der Waals surface area contributed by atoms with Gasteiger partial charge in [-0.25, -0.2) is 20.0 Å². The SMILES string of the molecule is CC(=O)C1=C2C=CC(=N2)C=C2C=CC(=N2)C=C2C=CC(=N2)C=C2C=CC1=N2. The highest BCUT2D eigenvalue weighted by Gasteiger charge is 2.20. The summed E-state index contributed by atoms with van der Waals surface area (Å²) in [5.74, 6) is -0.0672. The van der Waals surface area contributed by atoms with Crippen LogP contribution >= 0.6 is 0 Å². The second-order valence-corrected chi connectivity index (χ2v) is 6.46. The molecule has 0 aromatic rings. The highest BCUT2D eigenvalue weighted by atomic mass is 16.1. The fraction of sp³-hybridized carbons (Fsp3) is 0.0455. The Hall–Kier alpha value is -3.73. The zero-order chi connectivity index (χ0) is 18.4. The maximum Gasteiger partial charge on any atom is 0.164 e. The quantitative estimate of drug-likeness (QED) is 0.713. The lowest BCUT2D eigenvalue weighted by Gasteiger charge is -2.03. The summed E-state index contributed by atoms with van der Waals surface area (Å²) in [6, 6.07) is 0. The van der Waals surface area contributed by atoms with Crippen molar-refractivity contribution in [1.29, 1.82) is 0 Å². The smallest absolute Gasteiger partial charge is 0.164 e. The summed E-state index contributed by atoms with van der Waals surface area (Å²) < 4.78 is 0. The largest absolute Gasteiger partial charge is 0.294 e. The summed E-state index contributed by atoms with van der Waals surface area (Å²) in [5, 5.41) is 0. The van der Waals surface area contributed by atoms with Crippen molar-refractivity contribution in [3.63, 3.8) is 0 Å². The minimum Gasteiger partial charge on any atom is -0.294 e. The Kier molecular flexibility index (Phi) is 3.40. The Morgan fingerprint density at radius 1 is 0.630 bits per heavy atom. The molecular weight excluding hydrogens is 336 g/mol. The third kappa shape index (κ3) is 2.89. The Balaban J connectivity index is 1.71. The number of ketones is 1. The summed E-state index contributed by atoms with van der Waals surface area (Å²) in [6.45, 7) is 1.54. The molecular formula is C22H14N4O. The Bertz CT molecular complexity index is 1170. The molecule has 5 nitrogen and oxygen atoms in total. The first-order chi connectivity index (χ1) is 13.1. The van der Waals surface area contributed by atoms with Crippen LogP contribution in [0.5, 0.6) is 0 Å². The Labute approximate surface area is 156 Å². The molecule has 5 aliphatic heterocycles. The predicted molar refractivity (Wildman–Crippen MR) is 108 cm³/mol. The van der Waals surface area contributed by atoms with Gasteiger partial charge in [0.15, 0.2) is 5.78 Å². The third-order valence-electron chi connectivity index (χ3n) is 4.44. The monoisotopic (exact) mass is 350 g/mol. The topological polar surface area (TPSA) is 66.5 Å². The summed E-state index contributed by atoms with van der Waals surface area (Å²) in [4.78, 5) is 30.6. The van der Waals surface area contributed by atoms with E-state index in [9.17, 15) is 4.79 Å². The van der Waals surface area contributed by atoms with E-state index in [-0.39, 0.29) is 5.78 Å². The van der Waals surface area contributed by atoms with Crippen LogP contribution in [0.3, 0.4) is 0 Å². The zero-order valence-electron chi connectivity index (χ0n) is 14.5. The zero-order valence-corrected chi connectivity index (χ0v) is 14.5. The lowest BCUT2D eigenvalue weighted by Crippen LogP contribution is -2.09. The molecule has 0 saturated heterocycles. The van der Waals surface area contributed by atoms with E-state index in [2.05, 4.69) is 20.0 Å². The van der Waals surface area contributed by atoms with Gasteiger partial charge in [0, 0.05) is 0 Å². The molecule has 0 aliphatic carbocycles. The van der Waals surface area contributed by atoms with Crippen LogP contribution in [0.25, 0.3) is 0 Å². The summed E-state index contributed by atoms with van der Waals surface area (Å²) in [7, 11) is 0. The van der Waals surface area contributed by atoms with Crippen LogP contribution in [0, 0.1) is 0 Å². The van der Waals surface area contributed by atoms with Crippen LogP contribution in [-0.4, -0.2) is 28.6 Å². The number of hydrogen-bond donors (Lipinski definition) is 0. The van der Waals surface area contributed by atoms with Crippen molar-refractivity contribution in [2.75, 3.05) is 0 Å². The molecule has 0 radical (unpaired) electrons. The van der Waals surface area contributed by atoms with Crippen molar-refractivity contribution in [3.05, 3.63) is 95.2 Å². The molecule has 0 N–H and O–H groups in total. The number of aliphatic imine (C=N–C) groups is 4. The summed E-state index contributed by atoms with van der Waals surface area (Å²) in [5.41, 5.74) is 6.59. The van der Waals surface area contributed by atoms with Crippen molar-refractivity contribution in [1.82, 2.24) is 0 Å². The van der Waals surface area contributed by atoms with Gasteiger partial charge in [-0.3, -0.25) is 4.79 Å². The van der Waals surface area contributed by atoms with Gasteiger partial charge >= 0.3 is 0 Å². The summed E-state index contributed by atoms with van der Waals surface area (Å²) in [6.07, 6.45) is 21.0. The van der Waals surface area contributed by atoms with Crippen LogP contribution in [0.15, 0.2) is 115 Å². The van der Waals surface area contributed by atoms with E-state index < -0.39 is 0 Å². The fourth-order valence-electron chi connectivity index (χ4n) is 3.25. The highest BCUT2D eigenvalue weighted by molar-refractivity contribution is 6.28. The standard InChI is InChI=1S/C22H14N4O/c1-13(27)22-20-8-6-18(25-20)11-16-4-2-14(23-16)10-15-3-5-17(24-15)12-19-7-9-21(22)26-19/h2-12H,1H3. The van der Waals surface area contributed by atoms with Crippen LogP contribution in [-0.2, 0) is 4.79 Å². The van der Waals surface area contributed by atoms with E-state index >= 15 is 0 Å². The van der Waals surface area contributed by atoms with Crippen molar-refractivity contribution in [2.45, 2.75) is 6.92 Å². The first-order valence-electron chi connectivity index (χ1n) is 8.62. The van der Waals surface area contributed by atoms with E-state index in [4.69, 9.17) is 0 Å². The molecule has 0 atom stereocenters. The maximum absolute atomic E-state index is 12.3. The molecule has 0 amide bonds. The van der Waals surface area contributed by atoms with Crippen LogP contribution in [0.1, 0.15) is 6.92 Å². The first-order valence-corrected chi connectivity index (χ1v) is 8.62. The number of hydrogen-bond acceptors (Lipinski definition) is 5. The number of carbonyl (C=O) groups is 1. The Morgan fingerprint density at radius 2 is 1.15 bits per heavy atom. The molecule has 5 heterocycles. The van der Waals surface area contributed by atoms with E-state index in [0.717, 1.165) is 34.2 Å². The molecule has 5 heteroatoms. The van der Waals surface area contributed by atoms with Gasteiger partial charge in [-0.15, -0.1) is 0 Å². The average molecular weight is 350 g/mol. The number of carbonyl (C=O) groups excluding carboxylic acids is 1. The van der Waals surface area contributed by atoms with Gasteiger partial charge < -0.3 is 0 Å². The van der Waals surface area contributed by atoms with E-state index in [1.807, 2.05) is 66.8 Å². The van der Waals surface area contributed by atoms with Gasteiger partial charge in [-0.05, 0) is 73.8 Å². The molecule has 8 bridgehead atoms. The molecule has 0 unspecified atom stereocenters. The first kappa shape index (κ1) is 15.5. The lowest BCUT2D eigenvalue weighted by atomic mass is 10.0. The van der Waals surface area contributed by atoms with E-state index in [1.165, 1.54) is 6.92 Å². The van der Waals surface area contributed by atoms with Crippen molar-refractivity contribution in [2.24, 2.45) is 20.0 Å². The maximum atomic E-state index is 12.3. The number of fused-ring (bicyclic) bond motifs is 4. The second kappa shape index (κ2) is 5.92. The fourth-order valence-corrected chi connectivity index (χ4v) is 3.25. The van der Waals surface area contributed by atoms with Crippen molar-refractivity contribution in [3.8, 4) is 0 Å². The van der Waals surface area contributed by atoms with Gasteiger partial charge in [-0.1, -0.05) is 0 Å².